The van der Waals surface area contributed by atoms with E-state index in [2.05, 4.69) is 75.6 Å². The summed E-state index contributed by atoms with van der Waals surface area (Å²) >= 11 is 0. The maximum Gasteiger partial charge on any atom is 0.320 e. The van der Waals surface area contributed by atoms with Crippen LogP contribution in [0.4, 0.5) is 16.6 Å². The Morgan fingerprint density at radius 2 is 1.81 bits per heavy atom. The van der Waals surface area contributed by atoms with Gasteiger partial charge < -0.3 is 19.7 Å². The summed E-state index contributed by atoms with van der Waals surface area (Å²) in [6.07, 6.45) is 12.0. The number of nitrogens with one attached hydrogen (secondary N) is 2. The smallest absolute Gasteiger partial charge is 0.320 e. The van der Waals surface area contributed by atoms with Gasteiger partial charge in [0.25, 0.3) is 0 Å². The Morgan fingerprint density at radius 1 is 0.963 bits per heavy atom. The Hall–Kier alpha value is -4.95. The standard InChI is InChI=1S/C40H53N11O3/c1-27-10-8-9-18-49(27)39-45-44-36-16-13-30(26-50(36)39)54-34-15-14-33(31-11-6-7-12-32(31)34)42-38(52)43-37-22-35(40(2,3)4)46-51(37)28-23-41-48(24-28)21-20-47-19-17-29(25-47)53-5/h6-7,11-13,16,22-24,26-27,29,33-34H,8-10,14-15,17-21,25H2,1-5H3,(H2,42,43,52)/t27-,29-,33-,34+/m0/s1. The average molecular weight is 736 g/mol. The van der Waals surface area contributed by atoms with Crippen LogP contribution in [-0.2, 0) is 16.7 Å². The number of ether oxygens (including phenoxy) is 2. The maximum absolute atomic E-state index is 13.7. The summed E-state index contributed by atoms with van der Waals surface area (Å²) in [6, 6.07) is 14.1. The lowest BCUT2D eigenvalue weighted by Crippen LogP contribution is -2.38. The number of rotatable bonds is 10. The number of benzene rings is 1. The van der Waals surface area contributed by atoms with E-state index in [9.17, 15) is 4.79 Å². The fourth-order valence-corrected chi connectivity index (χ4v) is 8.07. The minimum absolute atomic E-state index is 0.159. The molecule has 14 heteroatoms. The number of nitrogens with zero attached hydrogens (tertiary/aromatic N) is 9. The second-order valence-corrected chi connectivity index (χ2v) is 16.1. The van der Waals surface area contributed by atoms with E-state index in [1.807, 2.05) is 51.8 Å². The van der Waals surface area contributed by atoms with Gasteiger partial charge >= 0.3 is 6.03 Å². The van der Waals surface area contributed by atoms with Crippen LogP contribution in [0, 0.1) is 0 Å². The number of amides is 2. The topological polar surface area (TPSA) is 132 Å². The summed E-state index contributed by atoms with van der Waals surface area (Å²) in [4.78, 5) is 18.5. The number of methoxy groups -OCH3 is 1. The van der Waals surface area contributed by atoms with E-state index >= 15 is 0 Å². The van der Waals surface area contributed by atoms with Crippen molar-refractivity contribution in [3.05, 3.63) is 77.9 Å². The highest BCUT2D eigenvalue weighted by Gasteiger charge is 2.31. The predicted molar refractivity (Wildman–Crippen MR) is 207 cm³/mol. The van der Waals surface area contributed by atoms with Crippen LogP contribution in [0.2, 0.25) is 0 Å². The van der Waals surface area contributed by atoms with Gasteiger partial charge in [-0.05, 0) is 68.7 Å². The predicted octanol–water partition coefficient (Wildman–Crippen LogP) is 6.29. The molecule has 2 saturated heterocycles. The third-order valence-corrected chi connectivity index (χ3v) is 11.2. The molecule has 1 aliphatic carbocycles. The first kappa shape index (κ1) is 36.0. The number of piperidine rings is 1. The molecule has 6 heterocycles. The molecule has 5 aromatic rings. The number of fused-ring (bicyclic) bond motifs is 2. The number of urea groups is 1. The molecule has 4 aromatic heterocycles. The van der Waals surface area contributed by atoms with E-state index in [4.69, 9.17) is 14.6 Å². The van der Waals surface area contributed by atoms with Crippen molar-refractivity contribution in [3.8, 4) is 11.4 Å². The van der Waals surface area contributed by atoms with Crippen molar-refractivity contribution in [2.75, 3.05) is 43.5 Å². The fraction of sp³-hybridized carbons (Fsp3) is 0.525. The second-order valence-electron chi connectivity index (χ2n) is 16.1. The van der Waals surface area contributed by atoms with Gasteiger partial charge in [-0.15, -0.1) is 10.2 Å². The van der Waals surface area contributed by atoms with E-state index in [-0.39, 0.29) is 23.6 Å². The van der Waals surface area contributed by atoms with Crippen LogP contribution in [0.25, 0.3) is 11.3 Å². The number of likely N-dealkylation sites (tertiary alicyclic amines) is 1. The third-order valence-electron chi connectivity index (χ3n) is 11.2. The van der Waals surface area contributed by atoms with Crippen molar-refractivity contribution in [2.24, 2.45) is 0 Å². The van der Waals surface area contributed by atoms with E-state index in [0.717, 1.165) is 105 Å². The Bertz CT molecular complexity index is 2080. The van der Waals surface area contributed by atoms with Crippen LogP contribution < -0.4 is 20.3 Å². The van der Waals surface area contributed by atoms with Crippen molar-refractivity contribution < 1.29 is 14.3 Å². The summed E-state index contributed by atoms with van der Waals surface area (Å²) in [7, 11) is 1.78. The van der Waals surface area contributed by atoms with Crippen molar-refractivity contribution in [1.82, 2.24) is 44.4 Å². The Kier molecular flexibility index (Phi) is 10.1. The second kappa shape index (κ2) is 15.1. The highest BCUT2D eigenvalue weighted by atomic mass is 16.5. The zero-order valence-electron chi connectivity index (χ0n) is 32.1. The number of carbonyl (C=O) groups excluding carboxylic acids is 1. The molecule has 14 nitrogen and oxygen atoms in total. The van der Waals surface area contributed by atoms with Gasteiger partial charge in [0.2, 0.25) is 5.95 Å². The third kappa shape index (κ3) is 7.54. The molecule has 0 saturated carbocycles. The molecule has 286 valence electrons. The van der Waals surface area contributed by atoms with Crippen LogP contribution in [0.3, 0.4) is 0 Å². The lowest BCUT2D eigenvalue weighted by Gasteiger charge is -2.33. The summed E-state index contributed by atoms with van der Waals surface area (Å²) in [5, 5.41) is 24.9. The van der Waals surface area contributed by atoms with Gasteiger partial charge in [-0.25, -0.2) is 9.48 Å². The van der Waals surface area contributed by atoms with Crippen LogP contribution in [0.1, 0.15) is 95.2 Å². The maximum atomic E-state index is 13.7. The summed E-state index contributed by atoms with van der Waals surface area (Å²) in [5.74, 6) is 2.22. The molecule has 2 aliphatic heterocycles. The van der Waals surface area contributed by atoms with Gasteiger partial charge in [0.1, 0.15) is 23.4 Å². The molecule has 4 atom stereocenters. The number of pyridine rings is 1. The molecular weight excluding hydrogens is 683 g/mol. The lowest BCUT2D eigenvalue weighted by atomic mass is 9.85. The number of anilines is 2. The monoisotopic (exact) mass is 735 g/mol. The zero-order chi connectivity index (χ0) is 37.4. The van der Waals surface area contributed by atoms with Crippen molar-refractivity contribution >= 4 is 23.4 Å². The van der Waals surface area contributed by atoms with E-state index in [0.29, 0.717) is 18.0 Å². The number of hydrogen-bond acceptors (Lipinski definition) is 9. The van der Waals surface area contributed by atoms with E-state index in [1.165, 1.54) is 6.42 Å². The Balaban J connectivity index is 0.956. The number of hydrogen-bond donors (Lipinski definition) is 2. The first-order valence-electron chi connectivity index (χ1n) is 19.5. The number of aromatic nitrogens is 7. The van der Waals surface area contributed by atoms with Gasteiger partial charge in [0.15, 0.2) is 5.65 Å². The van der Waals surface area contributed by atoms with E-state index in [1.54, 1.807) is 18.0 Å². The molecule has 0 bridgehead atoms. The van der Waals surface area contributed by atoms with Gasteiger partial charge in [0.05, 0.1) is 43.0 Å². The Labute approximate surface area is 316 Å². The Morgan fingerprint density at radius 3 is 2.61 bits per heavy atom. The van der Waals surface area contributed by atoms with Crippen LogP contribution in [-0.4, -0.2) is 90.5 Å². The molecular formula is C40H53N11O3. The SMILES string of the molecule is CO[C@H]1CCN(CCn2cc(-n3nc(C(C)(C)C)cc3NC(=O)N[C@H]3CC[C@@H](Oc4ccc5nnc(N6CCCC[C@@H]6C)n5c4)c4ccccc43)cn2)C1. The molecule has 3 aliphatic rings. The molecule has 2 fully saturated rings. The molecule has 2 amide bonds. The lowest BCUT2D eigenvalue weighted by molar-refractivity contribution is 0.107. The number of carbonyl (C=O) groups is 1. The largest absolute Gasteiger partial charge is 0.484 e. The van der Waals surface area contributed by atoms with Gasteiger partial charge in [-0.2, -0.15) is 10.2 Å². The quantitative estimate of drug-likeness (QED) is 0.170. The van der Waals surface area contributed by atoms with E-state index < -0.39 is 0 Å². The van der Waals surface area contributed by atoms with Crippen LogP contribution >= 0.6 is 0 Å². The molecule has 54 heavy (non-hydrogen) atoms. The van der Waals surface area contributed by atoms with Gasteiger partial charge in [-0.3, -0.25) is 19.3 Å². The van der Waals surface area contributed by atoms with Crippen molar-refractivity contribution in [3.63, 3.8) is 0 Å². The minimum atomic E-state index is -0.289. The van der Waals surface area contributed by atoms with Crippen LogP contribution in [0.15, 0.2) is 61.1 Å². The minimum Gasteiger partial charge on any atom is -0.484 e. The molecule has 1 aromatic carbocycles. The summed E-state index contributed by atoms with van der Waals surface area (Å²) in [5.41, 5.74) is 4.38. The molecule has 8 rings (SSSR count). The highest BCUT2D eigenvalue weighted by molar-refractivity contribution is 5.89. The van der Waals surface area contributed by atoms with Crippen LogP contribution in [0.5, 0.6) is 5.75 Å². The fourth-order valence-electron chi connectivity index (χ4n) is 8.07. The molecule has 0 spiro atoms. The molecule has 2 N–H and O–H groups in total. The first-order valence-corrected chi connectivity index (χ1v) is 19.5. The summed E-state index contributed by atoms with van der Waals surface area (Å²) in [6.45, 7) is 13.2. The first-order chi connectivity index (χ1) is 26.1. The molecule has 0 radical (unpaired) electrons. The summed E-state index contributed by atoms with van der Waals surface area (Å²) < 4.78 is 18.0. The molecule has 0 unspecified atom stereocenters. The van der Waals surface area contributed by atoms with Crippen molar-refractivity contribution in [2.45, 2.75) is 102 Å². The normalized spacial score (nSPS) is 22.1. The zero-order valence-corrected chi connectivity index (χ0v) is 32.1. The van der Waals surface area contributed by atoms with Gasteiger partial charge in [-0.1, -0.05) is 45.0 Å². The highest BCUT2D eigenvalue weighted by Crippen LogP contribution is 2.39. The average Bonchev–Trinajstić information content (AvgIpc) is 3.98. The van der Waals surface area contributed by atoms with Crippen molar-refractivity contribution in [1.29, 1.82) is 0 Å². The van der Waals surface area contributed by atoms with Gasteiger partial charge in [0, 0.05) is 50.8 Å².